The summed E-state index contributed by atoms with van der Waals surface area (Å²) in [7, 11) is 0. The molecule has 2 nitrogen and oxygen atoms in total. The Bertz CT molecular complexity index is 561. The molecule has 2 N–H and O–H groups in total. The van der Waals surface area contributed by atoms with E-state index in [1.54, 1.807) is 30.3 Å². The summed E-state index contributed by atoms with van der Waals surface area (Å²) in [5.41, 5.74) is 7.27. The van der Waals surface area contributed by atoms with Crippen LogP contribution in [0, 0.1) is 0 Å². The lowest BCUT2D eigenvalue weighted by atomic mass is 9.99. The van der Waals surface area contributed by atoms with Gasteiger partial charge in [-0.15, -0.1) is 0 Å². The fraction of sp³-hybridized carbons (Fsp3) is 0. The predicted octanol–water partition coefficient (Wildman–Crippen LogP) is 3.76. The van der Waals surface area contributed by atoms with Gasteiger partial charge in [0, 0.05) is 15.6 Å². The minimum atomic E-state index is -0.475. The Labute approximate surface area is 109 Å². The Balaban J connectivity index is 2.64. The predicted molar refractivity (Wildman–Crippen MR) is 70.4 cm³/mol. The molecule has 0 aliphatic carbocycles. The summed E-state index contributed by atoms with van der Waals surface area (Å²) in [6.45, 7) is 0. The first-order chi connectivity index (χ1) is 8.08. The van der Waals surface area contributed by atoms with E-state index in [0.717, 1.165) is 11.1 Å². The smallest absolute Gasteiger partial charge is 0.249 e. The maximum Gasteiger partial charge on any atom is 0.249 e. The maximum atomic E-state index is 11.3. The van der Waals surface area contributed by atoms with E-state index in [0.29, 0.717) is 15.6 Å². The summed E-state index contributed by atoms with van der Waals surface area (Å²) in [6, 6.07) is 12.2. The highest BCUT2D eigenvalue weighted by atomic mass is 35.5. The number of amides is 1. The van der Waals surface area contributed by atoms with Crippen LogP contribution in [0.5, 0.6) is 0 Å². The number of benzene rings is 2. The van der Waals surface area contributed by atoms with E-state index in [-0.39, 0.29) is 0 Å². The van der Waals surface area contributed by atoms with E-state index in [1.165, 1.54) is 0 Å². The summed E-state index contributed by atoms with van der Waals surface area (Å²) >= 11 is 11.9. The topological polar surface area (TPSA) is 43.1 Å². The Morgan fingerprint density at radius 1 is 1.00 bits per heavy atom. The highest BCUT2D eigenvalue weighted by Gasteiger charge is 2.10. The number of carbonyl (C=O) groups is 1. The Kier molecular flexibility index (Phi) is 3.36. The van der Waals surface area contributed by atoms with Gasteiger partial charge in [-0.1, -0.05) is 41.4 Å². The van der Waals surface area contributed by atoms with Crippen molar-refractivity contribution in [3.63, 3.8) is 0 Å². The van der Waals surface area contributed by atoms with Gasteiger partial charge in [0.25, 0.3) is 0 Å². The molecule has 0 fully saturated rings. The molecule has 0 aromatic heterocycles. The molecule has 1 amide bonds. The summed E-state index contributed by atoms with van der Waals surface area (Å²) in [5.74, 6) is -0.475. The fourth-order valence-electron chi connectivity index (χ4n) is 1.66. The first-order valence-corrected chi connectivity index (χ1v) is 5.69. The second kappa shape index (κ2) is 4.78. The zero-order valence-electron chi connectivity index (χ0n) is 8.78. The van der Waals surface area contributed by atoms with Crippen molar-refractivity contribution in [3.05, 3.63) is 58.1 Å². The molecule has 0 atom stereocenters. The number of hydrogen-bond acceptors (Lipinski definition) is 1. The molecule has 0 heterocycles. The summed E-state index contributed by atoms with van der Waals surface area (Å²) < 4.78 is 0. The van der Waals surface area contributed by atoms with Crippen LogP contribution in [0.1, 0.15) is 10.4 Å². The van der Waals surface area contributed by atoms with E-state index in [9.17, 15) is 4.79 Å². The molecule has 0 bridgehead atoms. The zero-order valence-corrected chi connectivity index (χ0v) is 10.3. The molecule has 2 rings (SSSR count). The minimum Gasteiger partial charge on any atom is -0.366 e. The lowest BCUT2D eigenvalue weighted by molar-refractivity contribution is 0.100. The van der Waals surface area contributed by atoms with Crippen LogP contribution in [-0.4, -0.2) is 5.91 Å². The fourth-order valence-corrected chi connectivity index (χ4v) is 2.19. The van der Waals surface area contributed by atoms with Crippen molar-refractivity contribution in [3.8, 4) is 11.1 Å². The third-order valence-corrected chi connectivity index (χ3v) is 2.80. The van der Waals surface area contributed by atoms with Gasteiger partial charge in [0.2, 0.25) is 5.91 Å². The van der Waals surface area contributed by atoms with Crippen LogP contribution in [0.2, 0.25) is 10.0 Å². The summed E-state index contributed by atoms with van der Waals surface area (Å²) in [4.78, 5) is 11.3. The number of nitrogens with two attached hydrogens (primary N) is 1. The van der Waals surface area contributed by atoms with Crippen molar-refractivity contribution in [2.45, 2.75) is 0 Å². The molecular weight excluding hydrogens is 257 g/mol. The second-order valence-corrected chi connectivity index (χ2v) is 4.44. The lowest BCUT2D eigenvalue weighted by Gasteiger charge is -2.07. The van der Waals surface area contributed by atoms with E-state index in [1.807, 2.05) is 12.1 Å². The highest BCUT2D eigenvalue weighted by molar-refractivity contribution is 6.35. The zero-order chi connectivity index (χ0) is 12.4. The van der Waals surface area contributed by atoms with Crippen LogP contribution < -0.4 is 5.73 Å². The van der Waals surface area contributed by atoms with Crippen LogP contribution in [0.3, 0.4) is 0 Å². The monoisotopic (exact) mass is 265 g/mol. The SMILES string of the molecule is NC(=O)c1ccccc1-c1cc(Cl)cc(Cl)c1. The Hall–Kier alpha value is -1.51. The van der Waals surface area contributed by atoms with E-state index >= 15 is 0 Å². The number of rotatable bonds is 2. The average molecular weight is 266 g/mol. The molecule has 0 unspecified atom stereocenters. The molecular formula is C13H9Cl2NO. The van der Waals surface area contributed by atoms with Gasteiger partial charge in [-0.05, 0) is 35.4 Å². The van der Waals surface area contributed by atoms with Gasteiger partial charge in [-0.25, -0.2) is 0 Å². The minimum absolute atomic E-state index is 0.450. The van der Waals surface area contributed by atoms with Gasteiger partial charge in [0.1, 0.15) is 0 Å². The third-order valence-electron chi connectivity index (χ3n) is 2.37. The average Bonchev–Trinajstić information content (AvgIpc) is 2.27. The molecule has 2 aromatic rings. The molecule has 0 spiro atoms. The Morgan fingerprint density at radius 2 is 1.59 bits per heavy atom. The van der Waals surface area contributed by atoms with E-state index in [2.05, 4.69) is 0 Å². The number of carbonyl (C=O) groups excluding carboxylic acids is 1. The summed E-state index contributed by atoms with van der Waals surface area (Å²) in [5, 5.41) is 1.04. The Morgan fingerprint density at radius 3 is 2.18 bits per heavy atom. The summed E-state index contributed by atoms with van der Waals surface area (Å²) in [6.07, 6.45) is 0. The number of halogens is 2. The van der Waals surface area contributed by atoms with Gasteiger partial charge in [0.05, 0.1) is 0 Å². The maximum absolute atomic E-state index is 11.3. The molecule has 17 heavy (non-hydrogen) atoms. The van der Waals surface area contributed by atoms with Gasteiger partial charge >= 0.3 is 0 Å². The van der Waals surface area contributed by atoms with Gasteiger partial charge in [0.15, 0.2) is 0 Å². The normalized spacial score (nSPS) is 10.2. The molecule has 86 valence electrons. The standard InChI is InChI=1S/C13H9Cl2NO/c14-9-5-8(6-10(15)7-9)11-3-1-2-4-12(11)13(16)17/h1-7H,(H2,16,17). The van der Waals surface area contributed by atoms with Gasteiger partial charge in [-0.3, -0.25) is 4.79 Å². The van der Waals surface area contributed by atoms with Gasteiger partial charge < -0.3 is 5.73 Å². The first kappa shape index (κ1) is 12.0. The highest BCUT2D eigenvalue weighted by Crippen LogP contribution is 2.29. The molecule has 0 saturated heterocycles. The molecule has 4 heteroatoms. The van der Waals surface area contributed by atoms with Crippen LogP contribution in [0.4, 0.5) is 0 Å². The second-order valence-electron chi connectivity index (χ2n) is 3.57. The lowest BCUT2D eigenvalue weighted by Crippen LogP contribution is -2.12. The molecule has 2 aromatic carbocycles. The van der Waals surface area contributed by atoms with E-state index < -0.39 is 5.91 Å². The molecule has 0 aliphatic heterocycles. The van der Waals surface area contributed by atoms with Crippen LogP contribution in [0.15, 0.2) is 42.5 Å². The van der Waals surface area contributed by atoms with Crippen molar-refractivity contribution in [2.75, 3.05) is 0 Å². The quantitative estimate of drug-likeness (QED) is 0.883. The van der Waals surface area contributed by atoms with Crippen molar-refractivity contribution >= 4 is 29.1 Å². The largest absolute Gasteiger partial charge is 0.366 e. The number of hydrogen-bond donors (Lipinski definition) is 1. The van der Waals surface area contributed by atoms with Crippen molar-refractivity contribution in [1.29, 1.82) is 0 Å². The van der Waals surface area contributed by atoms with Crippen molar-refractivity contribution < 1.29 is 4.79 Å². The first-order valence-electron chi connectivity index (χ1n) is 4.93. The van der Waals surface area contributed by atoms with E-state index in [4.69, 9.17) is 28.9 Å². The van der Waals surface area contributed by atoms with Crippen LogP contribution >= 0.6 is 23.2 Å². The van der Waals surface area contributed by atoms with Crippen molar-refractivity contribution in [2.24, 2.45) is 5.73 Å². The number of primary amides is 1. The third kappa shape index (κ3) is 2.60. The molecule has 0 aliphatic rings. The molecule has 0 radical (unpaired) electrons. The van der Waals surface area contributed by atoms with Crippen LogP contribution in [-0.2, 0) is 0 Å². The van der Waals surface area contributed by atoms with Gasteiger partial charge in [-0.2, -0.15) is 0 Å². The van der Waals surface area contributed by atoms with Crippen LogP contribution in [0.25, 0.3) is 11.1 Å². The molecule has 0 saturated carbocycles. The van der Waals surface area contributed by atoms with Crippen molar-refractivity contribution in [1.82, 2.24) is 0 Å².